The first kappa shape index (κ1) is 22.4. The van der Waals surface area contributed by atoms with Crippen molar-refractivity contribution >= 4 is 15.9 Å². The van der Waals surface area contributed by atoms with E-state index in [0.29, 0.717) is 19.4 Å². The molecule has 1 amide bonds. The first-order valence-electron chi connectivity index (χ1n) is 10.0. The molecule has 1 aliphatic rings. The lowest BCUT2D eigenvalue weighted by atomic mass is 10.1. The first-order valence-corrected chi connectivity index (χ1v) is 11.5. The monoisotopic (exact) mass is 374 g/mol. The molecule has 1 rings (SSSR count). The van der Waals surface area contributed by atoms with Gasteiger partial charge in [-0.1, -0.05) is 33.1 Å². The van der Waals surface area contributed by atoms with Crippen molar-refractivity contribution in [3.8, 4) is 0 Å². The summed E-state index contributed by atoms with van der Waals surface area (Å²) in [6, 6.07) is 0.170. The van der Waals surface area contributed by atoms with Crippen LogP contribution in [0.2, 0.25) is 0 Å². The van der Waals surface area contributed by atoms with Crippen LogP contribution in [0, 0.1) is 0 Å². The average Bonchev–Trinajstić information content (AvgIpc) is 3.05. The number of rotatable bonds is 12. The Morgan fingerprint density at radius 3 is 2.48 bits per heavy atom. The number of hydrogen-bond acceptors (Lipinski definition) is 3. The number of unbranched alkanes of at least 4 members (excludes halogenated alkanes) is 3. The predicted octanol–water partition coefficient (Wildman–Crippen LogP) is 3.84. The summed E-state index contributed by atoms with van der Waals surface area (Å²) in [7, 11) is -3.22. The molecule has 1 unspecified atom stereocenters. The Balaban J connectivity index is 2.32. The van der Waals surface area contributed by atoms with Gasteiger partial charge in [0.1, 0.15) is 0 Å². The van der Waals surface area contributed by atoms with Crippen LogP contribution in [0.15, 0.2) is 0 Å². The maximum absolute atomic E-state index is 12.9. The molecule has 1 fully saturated rings. The minimum Gasteiger partial charge on any atom is -0.356 e. The van der Waals surface area contributed by atoms with Gasteiger partial charge in [-0.25, -0.2) is 8.42 Å². The van der Waals surface area contributed by atoms with Crippen LogP contribution >= 0.6 is 0 Å². The van der Waals surface area contributed by atoms with Crippen LogP contribution in [0.4, 0.5) is 0 Å². The van der Waals surface area contributed by atoms with Gasteiger partial charge in [0.2, 0.25) is 15.9 Å². The lowest BCUT2D eigenvalue weighted by Gasteiger charge is -2.33. The summed E-state index contributed by atoms with van der Waals surface area (Å²) in [5.41, 5.74) is 0. The van der Waals surface area contributed by atoms with Gasteiger partial charge in [0, 0.05) is 25.6 Å². The Morgan fingerprint density at radius 1 is 1.16 bits per heavy atom. The summed E-state index contributed by atoms with van der Waals surface area (Å²) < 4.78 is 26.8. The molecule has 1 aliphatic heterocycles. The largest absolute Gasteiger partial charge is 0.356 e. The molecule has 0 radical (unpaired) electrons. The van der Waals surface area contributed by atoms with Crippen LogP contribution < -0.4 is 5.32 Å². The highest BCUT2D eigenvalue weighted by molar-refractivity contribution is 7.90. The maximum atomic E-state index is 12.9. The van der Waals surface area contributed by atoms with Gasteiger partial charge in [-0.05, 0) is 52.4 Å². The van der Waals surface area contributed by atoms with Gasteiger partial charge in [0.05, 0.1) is 4.75 Å². The molecule has 0 aromatic heterocycles. The fraction of sp³-hybridized carbons (Fsp3) is 0.947. The van der Waals surface area contributed by atoms with Crippen molar-refractivity contribution in [3.05, 3.63) is 0 Å². The van der Waals surface area contributed by atoms with Gasteiger partial charge in [0.15, 0.2) is 0 Å². The van der Waals surface area contributed by atoms with E-state index in [1.807, 2.05) is 20.8 Å². The number of nitrogens with one attached hydrogen (secondary N) is 1. The van der Waals surface area contributed by atoms with E-state index in [0.717, 1.165) is 57.9 Å². The minimum absolute atomic E-state index is 0.150. The third kappa shape index (κ3) is 6.55. The summed E-state index contributed by atoms with van der Waals surface area (Å²) in [6.45, 7) is 9.10. The van der Waals surface area contributed by atoms with Crippen molar-refractivity contribution < 1.29 is 13.2 Å². The standard InChI is InChI=1S/C19H38N2O3S/c1-5-15-20-18(22)14-10-8-7-9-12-17-13-11-16-21(17)25(23,24)19(3,4)6-2/h17H,5-16H2,1-4H3,(H,20,22). The summed E-state index contributed by atoms with van der Waals surface area (Å²) in [6.07, 6.45) is 9.20. The van der Waals surface area contributed by atoms with E-state index in [-0.39, 0.29) is 11.9 Å². The summed E-state index contributed by atoms with van der Waals surface area (Å²) in [5, 5.41) is 2.90. The minimum atomic E-state index is -3.22. The Labute approximate surface area is 155 Å². The highest BCUT2D eigenvalue weighted by Gasteiger charge is 2.42. The maximum Gasteiger partial charge on any atom is 0.219 e. The molecule has 5 nitrogen and oxygen atoms in total. The molecule has 25 heavy (non-hydrogen) atoms. The number of carbonyl (C=O) groups excluding carboxylic acids is 1. The van der Waals surface area contributed by atoms with E-state index in [4.69, 9.17) is 0 Å². The lowest BCUT2D eigenvalue weighted by Crippen LogP contribution is -2.46. The zero-order chi connectivity index (χ0) is 18.9. The zero-order valence-electron chi connectivity index (χ0n) is 16.6. The van der Waals surface area contributed by atoms with Crippen LogP contribution in [0.25, 0.3) is 0 Å². The predicted molar refractivity (Wildman–Crippen MR) is 104 cm³/mol. The molecule has 1 N–H and O–H groups in total. The molecule has 0 aliphatic carbocycles. The molecule has 148 valence electrons. The summed E-state index contributed by atoms with van der Waals surface area (Å²) in [4.78, 5) is 11.5. The SMILES string of the molecule is CCCNC(=O)CCCCCCC1CCCN1S(=O)(=O)C(C)(C)CC. The van der Waals surface area contributed by atoms with Gasteiger partial charge >= 0.3 is 0 Å². The third-order valence-corrected chi connectivity index (χ3v) is 8.23. The van der Waals surface area contributed by atoms with Crippen LogP contribution in [0.5, 0.6) is 0 Å². The van der Waals surface area contributed by atoms with Gasteiger partial charge < -0.3 is 5.32 Å². The second-order valence-corrected chi connectivity index (χ2v) is 10.4. The van der Waals surface area contributed by atoms with Crippen molar-refractivity contribution in [1.82, 2.24) is 9.62 Å². The Kier molecular flexibility index (Phi) is 9.43. The van der Waals surface area contributed by atoms with E-state index < -0.39 is 14.8 Å². The highest BCUT2D eigenvalue weighted by Crippen LogP contribution is 2.32. The molecule has 1 saturated heterocycles. The van der Waals surface area contributed by atoms with E-state index in [1.54, 1.807) is 4.31 Å². The zero-order valence-corrected chi connectivity index (χ0v) is 17.5. The second kappa shape index (κ2) is 10.5. The van der Waals surface area contributed by atoms with Gasteiger partial charge in [-0.2, -0.15) is 4.31 Å². The van der Waals surface area contributed by atoms with Crippen LogP contribution in [-0.2, 0) is 14.8 Å². The lowest BCUT2D eigenvalue weighted by molar-refractivity contribution is -0.121. The Hall–Kier alpha value is -0.620. The molecule has 0 aromatic carbocycles. The van der Waals surface area contributed by atoms with E-state index in [2.05, 4.69) is 12.2 Å². The fourth-order valence-corrected chi connectivity index (χ4v) is 5.26. The van der Waals surface area contributed by atoms with Crippen LogP contribution in [0.1, 0.15) is 91.9 Å². The number of nitrogens with zero attached hydrogens (tertiary/aromatic N) is 1. The fourth-order valence-electron chi connectivity index (χ4n) is 3.29. The number of carbonyl (C=O) groups is 1. The van der Waals surface area contributed by atoms with E-state index >= 15 is 0 Å². The third-order valence-electron chi connectivity index (χ3n) is 5.44. The van der Waals surface area contributed by atoms with E-state index in [9.17, 15) is 13.2 Å². The molecule has 0 bridgehead atoms. The normalized spacial score (nSPS) is 19.3. The molecule has 0 aromatic rings. The highest BCUT2D eigenvalue weighted by atomic mass is 32.2. The molecule has 6 heteroatoms. The van der Waals surface area contributed by atoms with Crippen molar-refractivity contribution in [3.63, 3.8) is 0 Å². The quantitative estimate of drug-likeness (QED) is 0.528. The summed E-state index contributed by atoms with van der Waals surface area (Å²) >= 11 is 0. The number of amides is 1. The number of sulfonamides is 1. The van der Waals surface area contributed by atoms with Crippen molar-refractivity contribution in [2.24, 2.45) is 0 Å². The van der Waals surface area contributed by atoms with Gasteiger partial charge in [-0.3, -0.25) is 4.79 Å². The smallest absolute Gasteiger partial charge is 0.219 e. The average molecular weight is 375 g/mol. The van der Waals surface area contributed by atoms with Gasteiger partial charge in [0.25, 0.3) is 0 Å². The number of hydrogen-bond donors (Lipinski definition) is 1. The Bertz CT molecular complexity index is 503. The first-order chi connectivity index (χ1) is 11.8. The molecule has 1 heterocycles. The Morgan fingerprint density at radius 2 is 1.84 bits per heavy atom. The summed E-state index contributed by atoms with van der Waals surface area (Å²) in [5.74, 6) is 0.150. The molecular formula is C19H38N2O3S. The molecule has 0 spiro atoms. The van der Waals surface area contributed by atoms with Crippen molar-refractivity contribution in [2.75, 3.05) is 13.1 Å². The second-order valence-electron chi connectivity index (χ2n) is 7.83. The van der Waals surface area contributed by atoms with Crippen molar-refractivity contribution in [2.45, 2.75) is 103 Å². The molecule has 0 saturated carbocycles. The van der Waals surface area contributed by atoms with E-state index in [1.165, 1.54) is 0 Å². The van der Waals surface area contributed by atoms with Crippen molar-refractivity contribution in [1.29, 1.82) is 0 Å². The van der Waals surface area contributed by atoms with Crippen LogP contribution in [-0.4, -0.2) is 42.5 Å². The topological polar surface area (TPSA) is 66.5 Å². The molecule has 1 atom stereocenters. The van der Waals surface area contributed by atoms with Crippen LogP contribution in [0.3, 0.4) is 0 Å². The van der Waals surface area contributed by atoms with Gasteiger partial charge in [-0.15, -0.1) is 0 Å². The molecular weight excluding hydrogens is 336 g/mol.